The molecule has 0 amide bonds. The SMILES string of the molecule is CC(C)NCc1cc(S(=O)(=O)Nc2nncs2)cs1. The Kier molecular flexibility index (Phi) is 4.50. The number of nitrogens with zero attached hydrogens (tertiary/aromatic N) is 2. The summed E-state index contributed by atoms with van der Waals surface area (Å²) >= 11 is 2.56. The third-order valence-electron chi connectivity index (χ3n) is 2.21. The standard InChI is InChI=1S/C10H14N4O2S3/c1-7(2)11-4-8-3-9(5-17-8)19(15,16)14-10-13-12-6-18-10/h3,5-7,11H,4H2,1-2H3,(H,13,14). The number of thiophene rings is 1. The Hall–Kier alpha value is -1.03. The fraction of sp³-hybridized carbons (Fsp3) is 0.400. The summed E-state index contributed by atoms with van der Waals surface area (Å²) in [6.45, 7) is 4.75. The van der Waals surface area contributed by atoms with Crippen LogP contribution in [0.2, 0.25) is 0 Å². The molecule has 2 rings (SSSR count). The Labute approximate surface area is 119 Å². The highest BCUT2D eigenvalue weighted by atomic mass is 32.2. The second kappa shape index (κ2) is 5.95. The molecule has 0 saturated carbocycles. The molecule has 0 radical (unpaired) electrons. The molecule has 2 heterocycles. The lowest BCUT2D eigenvalue weighted by molar-refractivity contribution is 0.592. The van der Waals surface area contributed by atoms with Crippen LogP contribution < -0.4 is 10.0 Å². The van der Waals surface area contributed by atoms with Gasteiger partial charge in [-0.2, -0.15) is 0 Å². The minimum atomic E-state index is -3.56. The first-order chi connectivity index (χ1) is 8.97. The van der Waals surface area contributed by atoms with Gasteiger partial charge in [0.15, 0.2) is 0 Å². The molecule has 104 valence electrons. The first kappa shape index (κ1) is 14.4. The minimum absolute atomic E-state index is 0.258. The van der Waals surface area contributed by atoms with E-state index in [1.54, 1.807) is 11.4 Å². The maximum atomic E-state index is 12.1. The van der Waals surface area contributed by atoms with Crippen molar-refractivity contribution in [3.8, 4) is 0 Å². The number of hydrogen-bond acceptors (Lipinski definition) is 7. The zero-order valence-corrected chi connectivity index (χ0v) is 12.9. The number of hydrogen-bond donors (Lipinski definition) is 2. The number of nitrogens with one attached hydrogen (secondary N) is 2. The molecule has 9 heteroatoms. The topological polar surface area (TPSA) is 84.0 Å². The normalized spacial score (nSPS) is 11.9. The second-order valence-electron chi connectivity index (χ2n) is 4.13. The maximum Gasteiger partial charge on any atom is 0.264 e. The molecule has 19 heavy (non-hydrogen) atoms. The van der Waals surface area contributed by atoms with Crippen LogP contribution in [-0.4, -0.2) is 24.7 Å². The van der Waals surface area contributed by atoms with Gasteiger partial charge in [0.1, 0.15) is 5.51 Å². The summed E-state index contributed by atoms with van der Waals surface area (Å²) in [4.78, 5) is 1.24. The fourth-order valence-corrected chi connectivity index (χ4v) is 4.21. The van der Waals surface area contributed by atoms with E-state index in [2.05, 4.69) is 20.2 Å². The summed E-state index contributed by atoms with van der Waals surface area (Å²) in [7, 11) is -3.56. The van der Waals surface area contributed by atoms with Crippen LogP contribution in [0.1, 0.15) is 18.7 Å². The molecule has 0 aromatic carbocycles. The summed E-state index contributed by atoms with van der Waals surface area (Å²) in [6.07, 6.45) is 0. The van der Waals surface area contributed by atoms with Crippen LogP contribution in [0.4, 0.5) is 5.13 Å². The lowest BCUT2D eigenvalue weighted by Gasteiger charge is -2.05. The van der Waals surface area contributed by atoms with E-state index in [1.807, 2.05) is 13.8 Å². The molecular weight excluding hydrogens is 304 g/mol. The number of rotatable bonds is 6. The average molecular weight is 318 g/mol. The summed E-state index contributed by atoms with van der Waals surface area (Å²) in [5.41, 5.74) is 1.48. The molecule has 0 aliphatic heterocycles. The van der Waals surface area contributed by atoms with Crippen LogP contribution in [0.25, 0.3) is 0 Å². The van der Waals surface area contributed by atoms with Crippen LogP contribution >= 0.6 is 22.7 Å². The van der Waals surface area contributed by atoms with Gasteiger partial charge >= 0.3 is 0 Å². The van der Waals surface area contributed by atoms with Gasteiger partial charge in [-0.05, 0) is 6.07 Å². The van der Waals surface area contributed by atoms with Crippen molar-refractivity contribution in [3.63, 3.8) is 0 Å². The van der Waals surface area contributed by atoms with E-state index in [0.717, 1.165) is 16.2 Å². The van der Waals surface area contributed by atoms with Gasteiger partial charge in [-0.15, -0.1) is 21.5 Å². The minimum Gasteiger partial charge on any atom is -0.310 e. The molecule has 0 unspecified atom stereocenters. The molecular formula is C10H14N4O2S3. The highest BCUT2D eigenvalue weighted by molar-refractivity contribution is 7.93. The van der Waals surface area contributed by atoms with E-state index in [0.29, 0.717) is 12.6 Å². The smallest absolute Gasteiger partial charge is 0.264 e. The Morgan fingerprint density at radius 2 is 2.16 bits per heavy atom. The fourth-order valence-electron chi connectivity index (χ4n) is 1.29. The average Bonchev–Trinajstić information content (AvgIpc) is 2.96. The van der Waals surface area contributed by atoms with Crippen molar-refractivity contribution in [2.24, 2.45) is 0 Å². The van der Waals surface area contributed by atoms with Gasteiger partial charge in [-0.25, -0.2) is 8.42 Å². The quantitative estimate of drug-likeness (QED) is 0.850. The van der Waals surface area contributed by atoms with Crippen molar-refractivity contribution >= 4 is 37.8 Å². The van der Waals surface area contributed by atoms with Gasteiger partial charge < -0.3 is 5.32 Å². The Morgan fingerprint density at radius 1 is 1.37 bits per heavy atom. The maximum absolute atomic E-state index is 12.1. The highest BCUT2D eigenvalue weighted by Crippen LogP contribution is 2.22. The largest absolute Gasteiger partial charge is 0.310 e. The van der Waals surface area contributed by atoms with E-state index in [-0.39, 0.29) is 10.0 Å². The molecule has 6 nitrogen and oxygen atoms in total. The predicted octanol–water partition coefficient (Wildman–Crippen LogP) is 1.90. The van der Waals surface area contributed by atoms with Crippen LogP contribution in [0.15, 0.2) is 21.9 Å². The predicted molar refractivity (Wildman–Crippen MR) is 77.0 cm³/mol. The molecule has 2 N–H and O–H groups in total. The molecule has 0 fully saturated rings. The van der Waals surface area contributed by atoms with E-state index in [1.165, 1.54) is 16.8 Å². The molecule has 0 bridgehead atoms. The summed E-state index contributed by atoms with van der Waals surface area (Å²) in [5, 5.41) is 12.4. The van der Waals surface area contributed by atoms with Crippen molar-refractivity contribution in [1.82, 2.24) is 15.5 Å². The first-order valence-corrected chi connectivity index (χ1v) is 8.81. The van der Waals surface area contributed by atoms with Crippen molar-refractivity contribution in [2.45, 2.75) is 31.3 Å². The van der Waals surface area contributed by atoms with Gasteiger partial charge in [-0.1, -0.05) is 25.2 Å². The van der Waals surface area contributed by atoms with E-state index < -0.39 is 10.0 Å². The summed E-state index contributed by atoms with van der Waals surface area (Å²) in [6, 6.07) is 2.03. The Morgan fingerprint density at radius 3 is 2.79 bits per heavy atom. The third-order valence-corrected chi connectivity index (χ3v) is 5.35. The van der Waals surface area contributed by atoms with Crippen molar-refractivity contribution in [2.75, 3.05) is 4.72 Å². The number of anilines is 1. The van der Waals surface area contributed by atoms with Gasteiger partial charge in [0, 0.05) is 22.8 Å². The van der Waals surface area contributed by atoms with Gasteiger partial charge in [-0.3, -0.25) is 4.72 Å². The highest BCUT2D eigenvalue weighted by Gasteiger charge is 2.17. The monoisotopic (exact) mass is 318 g/mol. The molecule has 2 aromatic heterocycles. The molecule has 0 saturated heterocycles. The van der Waals surface area contributed by atoms with Crippen LogP contribution in [0.5, 0.6) is 0 Å². The summed E-state index contributed by atoms with van der Waals surface area (Å²) < 4.78 is 26.5. The second-order valence-corrected chi connectivity index (χ2v) is 7.65. The lowest BCUT2D eigenvalue weighted by Crippen LogP contribution is -2.21. The van der Waals surface area contributed by atoms with E-state index in [4.69, 9.17) is 0 Å². The summed E-state index contributed by atoms with van der Waals surface area (Å²) in [5.74, 6) is 0. The molecule has 0 aliphatic rings. The van der Waals surface area contributed by atoms with Crippen molar-refractivity contribution in [3.05, 3.63) is 21.8 Å². The zero-order valence-electron chi connectivity index (χ0n) is 10.5. The number of sulfonamides is 1. The zero-order chi connectivity index (χ0) is 13.9. The Bertz CT molecular complexity index is 619. The Balaban J connectivity index is 2.08. The van der Waals surface area contributed by atoms with Gasteiger partial charge in [0.2, 0.25) is 5.13 Å². The first-order valence-electron chi connectivity index (χ1n) is 5.57. The molecule has 2 aromatic rings. The number of aromatic nitrogens is 2. The molecule has 0 spiro atoms. The van der Waals surface area contributed by atoms with E-state index >= 15 is 0 Å². The van der Waals surface area contributed by atoms with E-state index in [9.17, 15) is 8.42 Å². The van der Waals surface area contributed by atoms with Crippen molar-refractivity contribution < 1.29 is 8.42 Å². The van der Waals surface area contributed by atoms with Crippen LogP contribution in [0.3, 0.4) is 0 Å². The third kappa shape index (κ3) is 3.96. The molecule has 0 aliphatic carbocycles. The lowest BCUT2D eigenvalue weighted by atomic mass is 10.4. The molecule has 0 atom stereocenters. The van der Waals surface area contributed by atoms with Crippen LogP contribution in [0, 0.1) is 0 Å². The van der Waals surface area contributed by atoms with Gasteiger partial charge in [0.05, 0.1) is 4.90 Å². The van der Waals surface area contributed by atoms with Crippen LogP contribution in [-0.2, 0) is 16.6 Å². The van der Waals surface area contributed by atoms with Gasteiger partial charge in [0.25, 0.3) is 10.0 Å². The van der Waals surface area contributed by atoms with Crippen molar-refractivity contribution in [1.29, 1.82) is 0 Å².